The highest BCUT2D eigenvalue weighted by atomic mass is 16.5. The number of nitrogens with zero attached hydrogens (tertiary/aromatic N) is 1. The van der Waals surface area contributed by atoms with Crippen molar-refractivity contribution in [1.29, 1.82) is 5.26 Å². The van der Waals surface area contributed by atoms with Gasteiger partial charge in [0.15, 0.2) is 0 Å². The van der Waals surface area contributed by atoms with Gasteiger partial charge in [0.25, 0.3) is 0 Å². The summed E-state index contributed by atoms with van der Waals surface area (Å²) < 4.78 is 9.97. The van der Waals surface area contributed by atoms with Crippen molar-refractivity contribution in [3.63, 3.8) is 0 Å². The molecule has 0 spiro atoms. The lowest BCUT2D eigenvalue weighted by molar-refractivity contribution is -0.127. The largest absolute Gasteiger partial charge is 0.382 e. The molecule has 5 heteroatoms. The van der Waals surface area contributed by atoms with Crippen LogP contribution in [-0.2, 0) is 14.3 Å². The van der Waals surface area contributed by atoms with E-state index in [1.165, 1.54) is 0 Å². The molecule has 0 aromatic carbocycles. The van der Waals surface area contributed by atoms with Crippen LogP contribution in [0.4, 0.5) is 0 Å². The Morgan fingerprint density at radius 2 is 1.94 bits per heavy atom. The van der Waals surface area contributed by atoms with Crippen LogP contribution >= 0.6 is 0 Å². The third kappa shape index (κ3) is 5.03. The minimum atomic E-state index is -0.682. The third-order valence-electron chi connectivity index (χ3n) is 3.21. The molecule has 0 heterocycles. The molecular formula is C13H22N2O3. The summed E-state index contributed by atoms with van der Waals surface area (Å²) in [7, 11) is 1.58. The van der Waals surface area contributed by atoms with Crippen molar-refractivity contribution in [1.82, 2.24) is 5.32 Å². The molecule has 1 fully saturated rings. The summed E-state index contributed by atoms with van der Waals surface area (Å²) in [6, 6.07) is 2.28. The number of carbonyl (C=O) groups is 1. The highest BCUT2D eigenvalue weighted by Gasteiger charge is 2.32. The van der Waals surface area contributed by atoms with Crippen molar-refractivity contribution in [2.45, 2.75) is 44.1 Å². The molecule has 1 N–H and O–H groups in total. The van der Waals surface area contributed by atoms with Crippen molar-refractivity contribution in [3.8, 4) is 6.07 Å². The van der Waals surface area contributed by atoms with Crippen molar-refractivity contribution < 1.29 is 14.3 Å². The summed E-state index contributed by atoms with van der Waals surface area (Å²) in [6.07, 6.45) is 5.77. The predicted molar refractivity (Wildman–Crippen MR) is 66.9 cm³/mol. The van der Waals surface area contributed by atoms with Gasteiger partial charge in [-0.15, -0.1) is 0 Å². The van der Waals surface area contributed by atoms with E-state index in [2.05, 4.69) is 11.4 Å². The lowest BCUT2D eigenvalue weighted by atomic mass is 9.92. The number of carbonyl (C=O) groups excluding carboxylic acids is 1. The van der Waals surface area contributed by atoms with Gasteiger partial charge < -0.3 is 14.8 Å². The number of rotatable bonds is 6. The summed E-state index contributed by atoms with van der Waals surface area (Å²) >= 11 is 0. The number of nitrogens with one attached hydrogen (secondary N) is 1. The lowest BCUT2D eigenvalue weighted by Crippen LogP contribution is -2.48. The zero-order valence-electron chi connectivity index (χ0n) is 11.0. The maximum absolute atomic E-state index is 11.7. The fourth-order valence-corrected chi connectivity index (χ4v) is 2.21. The molecule has 0 aromatic heterocycles. The highest BCUT2D eigenvalue weighted by molar-refractivity contribution is 5.78. The monoisotopic (exact) mass is 254 g/mol. The summed E-state index contributed by atoms with van der Waals surface area (Å²) in [6.45, 7) is 0.854. The average Bonchev–Trinajstić information content (AvgIpc) is 2.61. The Labute approximate surface area is 108 Å². The van der Waals surface area contributed by atoms with Gasteiger partial charge in [-0.3, -0.25) is 4.79 Å². The van der Waals surface area contributed by atoms with Gasteiger partial charge in [-0.05, 0) is 12.8 Å². The molecule has 102 valence electrons. The van der Waals surface area contributed by atoms with Crippen LogP contribution in [0.15, 0.2) is 0 Å². The van der Waals surface area contributed by atoms with Crippen LogP contribution in [0.3, 0.4) is 0 Å². The van der Waals surface area contributed by atoms with Gasteiger partial charge in [0.1, 0.15) is 12.1 Å². The first-order chi connectivity index (χ1) is 8.72. The lowest BCUT2D eigenvalue weighted by Gasteiger charge is -2.26. The molecule has 0 radical (unpaired) electrons. The van der Waals surface area contributed by atoms with Crippen molar-refractivity contribution in [2.75, 3.05) is 26.9 Å². The molecule has 0 aromatic rings. The number of hydrogen-bond acceptors (Lipinski definition) is 4. The second-order valence-electron chi connectivity index (χ2n) is 4.70. The minimum Gasteiger partial charge on any atom is -0.382 e. The van der Waals surface area contributed by atoms with Crippen LogP contribution in [-0.4, -0.2) is 38.4 Å². The molecule has 1 amide bonds. The van der Waals surface area contributed by atoms with Crippen molar-refractivity contribution in [3.05, 3.63) is 0 Å². The number of amides is 1. The zero-order valence-corrected chi connectivity index (χ0v) is 11.0. The molecule has 0 atom stereocenters. The van der Waals surface area contributed by atoms with E-state index >= 15 is 0 Å². The van der Waals surface area contributed by atoms with Gasteiger partial charge >= 0.3 is 0 Å². The Balaban J connectivity index is 2.37. The molecule has 1 aliphatic rings. The first-order valence-electron chi connectivity index (χ1n) is 6.51. The van der Waals surface area contributed by atoms with E-state index < -0.39 is 5.54 Å². The van der Waals surface area contributed by atoms with E-state index in [1.807, 2.05) is 0 Å². The van der Waals surface area contributed by atoms with Crippen molar-refractivity contribution >= 4 is 5.91 Å². The van der Waals surface area contributed by atoms with Crippen LogP contribution < -0.4 is 5.32 Å². The Morgan fingerprint density at radius 3 is 2.50 bits per heavy atom. The molecule has 1 saturated carbocycles. The topological polar surface area (TPSA) is 71.3 Å². The zero-order chi connectivity index (χ0) is 13.3. The van der Waals surface area contributed by atoms with Crippen LogP contribution in [0.1, 0.15) is 38.5 Å². The molecular weight excluding hydrogens is 232 g/mol. The number of ether oxygens (including phenoxy) is 2. The van der Waals surface area contributed by atoms with E-state index in [0.717, 1.165) is 38.5 Å². The Kier molecular flexibility index (Phi) is 6.69. The number of nitriles is 1. The van der Waals surface area contributed by atoms with Gasteiger partial charge in [-0.1, -0.05) is 25.7 Å². The summed E-state index contributed by atoms with van der Waals surface area (Å²) in [4.78, 5) is 11.7. The molecule has 1 aliphatic carbocycles. The Hall–Kier alpha value is -1.12. The molecule has 0 bridgehead atoms. The van der Waals surface area contributed by atoms with Gasteiger partial charge in [0.2, 0.25) is 5.91 Å². The fraction of sp³-hybridized carbons (Fsp3) is 0.846. The van der Waals surface area contributed by atoms with Crippen molar-refractivity contribution in [2.24, 2.45) is 0 Å². The van der Waals surface area contributed by atoms with E-state index in [4.69, 9.17) is 9.47 Å². The SMILES string of the molecule is COCCOCC(=O)NC1(C#N)CCCCCC1. The van der Waals surface area contributed by atoms with Gasteiger partial charge in [0.05, 0.1) is 19.3 Å². The first kappa shape index (κ1) is 14.9. The van der Waals surface area contributed by atoms with E-state index in [9.17, 15) is 10.1 Å². The number of hydrogen-bond donors (Lipinski definition) is 1. The summed E-state index contributed by atoms with van der Waals surface area (Å²) in [5, 5.41) is 12.1. The maximum Gasteiger partial charge on any atom is 0.247 e. The highest BCUT2D eigenvalue weighted by Crippen LogP contribution is 2.26. The van der Waals surface area contributed by atoms with E-state index in [-0.39, 0.29) is 12.5 Å². The van der Waals surface area contributed by atoms with Gasteiger partial charge in [-0.25, -0.2) is 0 Å². The fourth-order valence-electron chi connectivity index (χ4n) is 2.21. The summed E-state index contributed by atoms with van der Waals surface area (Å²) in [5.74, 6) is -0.213. The quantitative estimate of drug-likeness (QED) is 0.574. The normalized spacial score (nSPS) is 18.7. The second kappa shape index (κ2) is 8.06. The average molecular weight is 254 g/mol. The van der Waals surface area contributed by atoms with Crippen LogP contribution in [0.25, 0.3) is 0 Å². The molecule has 0 saturated heterocycles. The van der Waals surface area contributed by atoms with Crippen LogP contribution in [0.5, 0.6) is 0 Å². The minimum absolute atomic E-state index is 0.00715. The van der Waals surface area contributed by atoms with Crippen LogP contribution in [0.2, 0.25) is 0 Å². The number of methoxy groups -OCH3 is 1. The first-order valence-corrected chi connectivity index (χ1v) is 6.51. The van der Waals surface area contributed by atoms with E-state index in [1.54, 1.807) is 7.11 Å². The molecule has 1 rings (SSSR count). The summed E-state index contributed by atoms with van der Waals surface area (Å²) in [5.41, 5.74) is -0.682. The second-order valence-corrected chi connectivity index (χ2v) is 4.70. The third-order valence-corrected chi connectivity index (χ3v) is 3.21. The van der Waals surface area contributed by atoms with Gasteiger partial charge in [-0.2, -0.15) is 5.26 Å². The van der Waals surface area contributed by atoms with Gasteiger partial charge in [0, 0.05) is 7.11 Å². The van der Waals surface area contributed by atoms with Crippen LogP contribution in [0, 0.1) is 11.3 Å². The molecule has 0 unspecified atom stereocenters. The van der Waals surface area contributed by atoms with E-state index in [0.29, 0.717) is 13.2 Å². The maximum atomic E-state index is 11.7. The predicted octanol–water partition coefficient (Wildman–Crippen LogP) is 1.38. The smallest absolute Gasteiger partial charge is 0.247 e. The standard InChI is InChI=1S/C13H22N2O3/c1-17-8-9-18-10-12(16)15-13(11-14)6-4-2-3-5-7-13/h2-10H2,1H3,(H,15,16). The molecule has 0 aliphatic heterocycles. The molecule has 18 heavy (non-hydrogen) atoms. The Bertz CT molecular complexity index is 291. The Morgan fingerprint density at radius 1 is 1.28 bits per heavy atom. The molecule has 5 nitrogen and oxygen atoms in total.